The second-order valence-electron chi connectivity index (χ2n) is 29.2. The minimum atomic E-state index is -2.22. The summed E-state index contributed by atoms with van der Waals surface area (Å²) >= 11 is 0. The molecular weight excluding hydrogens is 1430 g/mol. The summed E-state index contributed by atoms with van der Waals surface area (Å²) in [6.45, 7) is 10.4. The zero-order valence-electron chi connectivity index (χ0n) is 63.7. The molecule has 13 amide bonds. The quantitative estimate of drug-likeness (QED) is 0.0321. The molecule has 3 saturated heterocycles. The van der Waals surface area contributed by atoms with E-state index in [-0.39, 0.29) is 38.0 Å². The Kier molecular flexibility index (Phi) is 38.6. The largest absolute Gasteiger partial charge is 0.508 e. The molecule has 3 fully saturated rings. The van der Waals surface area contributed by atoms with E-state index in [0.29, 0.717) is 23.3 Å². The molecule has 0 bridgehead atoms. The number of carbonyl (C=O) groups excluding carboxylic acids is 14. The zero-order chi connectivity index (χ0) is 81.7. The lowest BCUT2D eigenvalue weighted by Crippen LogP contribution is -2.64. The number of esters is 1. The number of phenols is 1. The lowest BCUT2D eigenvalue weighted by atomic mass is 9.94. The highest BCUT2D eigenvalue weighted by Gasteiger charge is 2.48. The third kappa shape index (κ3) is 29.2. The number of carbonyl (C=O) groups is 14. The summed E-state index contributed by atoms with van der Waals surface area (Å²) in [6.07, 6.45) is -6.17. The molecule has 0 spiro atoms. The minimum Gasteiger partial charge on any atom is -0.508 e. The van der Waals surface area contributed by atoms with Gasteiger partial charge in [0.05, 0.1) is 62.1 Å². The van der Waals surface area contributed by atoms with Crippen molar-refractivity contribution in [2.24, 2.45) is 23.3 Å². The predicted octanol–water partition coefficient (Wildman–Crippen LogP) is -5.23. The average molecular weight is 1550 g/mol. The number of aromatic hydroxyl groups is 1. The van der Waals surface area contributed by atoms with Crippen LogP contribution in [0.15, 0.2) is 24.3 Å². The van der Waals surface area contributed by atoms with Crippen LogP contribution in [-0.2, 0) is 78.3 Å². The van der Waals surface area contributed by atoms with E-state index in [9.17, 15) is 108 Å². The Morgan fingerprint density at radius 2 is 1.06 bits per heavy atom. The van der Waals surface area contributed by atoms with E-state index in [0.717, 1.165) is 83.5 Å². The van der Waals surface area contributed by atoms with Crippen LogP contribution in [0.1, 0.15) is 177 Å². The maximum absolute atomic E-state index is 14.8. The number of benzene rings is 1. The van der Waals surface area contributed by atoms with E-state index in [4.69, 9.17) is 16.2 Å². The first-order valence-corrected chi connectivity index (χ1v) is 37.7. The van der Waals surface area contributed by atoms with Crippen LogP contribution < -0.4 is 64.6 Å². The molecule has 37 nitrogen and oxygen atoms in total. The van der Waals surface area contributed by atoms with Crippen molar-refractivity contribution in [3.63, 3.8) is 0 Å². The van der Waals surface area contributed by atoms with Gasteiger partial charge in [0.1, 0.15) is 78.3 Å². The number of nitrogens with zero attached hydrogens (tertiary/aromatic N) is 2. The summed E-state index contributed by atoms with van der Waals surface area (Å²) in [5.74, 6) is -17.7. The Hall–Kier alpha value is -8.72. The molecule has 109 heavy (non-hydrogen) atoms. The molecule has 1 aromatic rings. The number of fused-ring (bicyclic) bond motifs is 2. The lowest BCUT2D eigenvalue weighted by molar-refractivity contribution is -0.158. The maximum Gasteiger partial charge on any atom is 0.328 e. The molecule has 20 unspecified atom stereocenters. The van der Waals surface area contributed by atoms with Crippen molar-refractivity contribution < 1.29 is 113 Å². The van der Waals surface area contributed by atoms with Crippen LogP contribution in [0.3, 0.4) is 0 Å². The van der Waals surface area contributed by atoms with Crippen molar-refractivity contribution in [3.8, 4) is 5.75 Å². The molecule has 0 aromatic heterocycles. The highest BCUT2D eigenvalue weighted by molar-refractivity contribution is 6.00. The molecule has 4 rings (SSSR count). The molecule has 37 heteroatoms. The number of hydrogen-bond donors (Lipinski definition) is 20. The number of aliphatic hydroxyl groups is 7. The Balaban J connectivity index is 1.81. The predicted molar refractivity (Wildman–Crippen MR) is 390 cm³/mol. The fourth-order valence-corrected chi connectivity index (χ4v) is 13.0. The van der Waals surface area contributed by atoms with E-state index in [2.05, 4.69) is 60.1 Å². The topological polar surface area (TPSA) is 589 Å². The molecule has 0 aliphatic carbocycles. The standard InChI is InChI=1S/C72H118N14O23/c1-10-11-12-13-14-15-16-17-18-19-21-37(4)51-33-53(96)79-56(39(6)87)66(102)76-38(5)62(98)78-47(30-43-23-25-44(91)26-24-43)63(99)81-55(36(2)3)70(106)86-35-45(92)31-48(86)64(100)82-58(41(8)89)68(104)83-59(42(9)90)71(107)85-29-27-49(93)61(85)69(105)84-60(50(94)32-52(74)95)65(101)75-34-54(97)80-57(40(7)88)67(103)77-46(22-20-28-73)72(108)109-51/h23-26,36-42,45-51,55-61,87-94H,10-22,27-35,73H2,1-9H3,(H2,74,95)(H,75,101)(H,76,102)(H,77,103)(H,78,98)(H,79,96)(H,80,97)(H,81,99)(H,82,100)(H,83,104)(H,84,105). The van der Waals surface area contributed by atoms with Crippen molar-refractivity contribution >= 4 is 82.8 Å². The lowest BCUT2D eigenvalue weighted by Gasteiger charge is -2.34. The number of rotatable bonds is 25. The Morgan fingerprint density at radius 3 is 1.62 bits per heavy atom. The van der Waals surface area contributed by atoms with E-state index in [1.165, 1.54) is 52.0 Å². The highest BCUT2D eigenvalue weighted by Crippen LogP contribution is 2.26. The molecule has 3 heterocycles. The Bertz CT molecular complexity index is 3240. The average Bonchev–Trinajstić information content (AvgIpc) is 1.69. The fraction of sp³-hybridized carbons (Fsp3) is 0.722. The van der Waals surface area contributed by atoms with Crippen LogP contribution in [0.4, 0.5) is 0 Å². The Labute approximate surface area is 634 Å². The number of amides is 13. The van der Waals surface area contributed by atoms with Crippen molar-refractivity contribution in [3.05, 3.63) is 29.8 Å². The first-order chi connectivity index (χ1) is 51.3. The molecule has 0 saturated carbocycles. The van der Waals surface area contributed by atoms with Crippen molar-refractivity contribution in [1.29, 1.82) is 0 Å². The number of cyclic esters (lactones) is 1. The number of nitrogens with two attached hydrogens (primary N) is 2. The van der Waals surface area contributed by atoms with Crippen molar-refractivity contribution in [2.75, 3.05) is 26.2 Å². The normalized spacial score (nSPS) is 28.3. The SMILES string of the molecule is CCCCCCCCCCCCC(C)C1CC(=O)NC(C(C)O)C(=O)NC(C)C(=O)NC(Cc2ccc(O)cc2)C(=O)NC(C(C)C)C(=O)N2CC(O)CC2C(=O)NC(C(C)O)C(=O)NC(C(C)O)C(=O)N2CCC(O)C2C(=O)NC(C(O)CC(N)=O)C(=O)NCC(=O)NC(C(C)O)C(=O)NC(CCCN)C(=O)O1. The summed E-state index contributed by atoms with van der Waals surface area (Å²) in [5, 5.41) is 111. The van der Waals surface area contributed by atoms with Crippen LogP contribution in [0.2, 0.25) is 0 Å². The third-order valence-corrected chi connectivity index (χ3v) is 19.4. The maximum atomic E-state index is 14.8. The van der Waals surface area contributed by atoms with Gasteiger partial charge in [-0.25, -0.2) is 4.79 Å². The van der Waals surface area contributed by atoms with Gasteiger partial charge in [-0.05, 0) is 96.4 Å². The molecule has 1 aromatic carbocycles. The van der Waals surface area contributed by atoms with Gasteiger partial charge in [-0.1, -0.05) is 104 Å². The number of primary amides is 1. The number of aliphatic hydroxyl groups excluding tert-OH is 7. The van der Waals surface area contributed by atoms with E-state index in [1.54, 1.807) is 6.92 Å². The van der Waals surface area contributed by atoms with Crippen LogP contribution in [-0.4, -0.2) is 275 Å². The van der Waals surface area contributed by atoms with Crippen LogP contribution in [0, 0.1) is 11.8 Å². The summed E-state index contributed by atoms with van der Waals surface area (Å²) in [5.41, 5.74) is 11.6. The first-order valence-electron chi connectivity index (χ1n) is 37.7. The smallest absolute Gasteiger partial charge is 0.328 e. The molecular formula is C72H118N14O23. The van der Waals surface area contributed by atoms with Crippen LogP contribution in [0.5, 0.6) is 5.75 Å². The van der Waals surface area contributed by atoms with Gasteiger partial charge in [0, 0.05) is 25.9 Å². The minimum absolute atomic E-state index is 0.0198. The highest BCUT2D eigenvalue weighted by atomic mass is 16.5. The van der Waals surface area contributed by atoms with Gasteiger partial charge in [-0.15, -0.1) is 0 Å². The Morgan fingerprint density at radius 1 is 0.560 bits per heavy atom. The van der Waals surface area contributed by atoms with E-state index < -0.39 is 249 Å². The molecule has 3 aliphatic rings. The second-order valence-corrected chi connectivity index (χ2v) is 29.2. The summed E-state index contributed by atoms with van der Waals surface area (Å²) < 4.78 is 6.06. The number of phenolic OH excluding ortho intramolecular Hbond substituents is 1. The van der Waals surface area contributed by atoms with Crippen molar-refractivity contribution in [2.45, 2.75) is 293 Å². The summed E-state index contributed by atoms with van der Waals surface area (Å²) in [4.78, 5) is 199. The van der Waals surface area contributed by atoms with E-state index in [1.807, 2.05) is 0 Å². The van der Waals surface area contributed by atoms with E-state index >= 15 is 0 Å². The summed E-state index contributed by atoms with van der Waals surface area (Å²) in [6, 6.07) is -14.4. The van der Waals surface area contributed by atoms with Crippen molar-refractivity contribution in [1.82, 2.24) is 63.0 Å². The number of nitrogens with one attached hydrogen (secondary N) is 10. The van der Waals surface area contributed by atoms with Crippen LogP contribution >= 0.6 is 0 Å². The third-order valence-electron chi connectivity index (χ3n) is 19.4. The van der Waals surface area contributed by atoms with Gasteiger partial charge in [0.25, 0.3) is 0 Å². The molecule has 3 aliphatic heterocycles. The fourth-order valence-electron chi connectivity index (χ4n) is 13.0. The van der Waals surface area contributed by atoms with Gasteiger partial charge < -0.3 is 120 Å². The molecule has 22 N–H and O–H groups in total. The second kappa shape index (κ2) is 45.4. The molecule has 614 valence electrons. The van der Waals surface area contributed by atoms with Gasteiger partial charge in [-0.3, -0.25) is 62.3 Å². The van der Waals surface area contributed by atoms with Crippen LogP contribution in [0.25, 0.3) is 0 Å². The molecule has 0 radical (unpaired) electrons. The number of ether oxygens (including phenoxy) is 1. The summed E-state index contributed by atoms with van der Waals surface area (Å²) in [7, 11) is 0. The molecule has 20 atom stereocenters. The number of hydrogen-bond acceptors (Lipinski definition) is 24. The van der Waals surface area contributed by atoms with Gasteiger partial charge in [0.2, 0.25) is 76.8 Å². The first kappa shape index (κ1) is 92.7. The van der Waals surface area contributed by atoms with Gasteiger partial charge in [-0.2, -0.15) is 0 Å². The number of unbranched alkanes of at least 4 members (excludes halogenated alkanes) is 9. The van der Waals surface area contributed by atoms with Gasteiger partial charge in [0.15, 0.2) is 0 Å². The van der Waals surface area contributed by atoms with Gasteiger partial charge >= 0.3 is 5.97 Å². The monoisotopic (exact) mass is 1550 g/mol. The zero-order valence-corrected chi connectivity index (χ0v) is 63.7.